The van der Waals surface area contributed by atoms with Crippen LogP contribution in [0.1, 0.15) is 18.4 Å². The van der Waals surface area contributed by atoms with Gasteiger partial charge in [0, 0.05) is 12.1 Å². The molecule has 1 amide bonds. The highest BCUT2D eigenvalue weighted by Crippen LogP contribution is 2.36. The summed E-state index contributed by atoms with van der Waals surface area (Å²) in [7, 11) is 0. The Morgan fingerprint density at radius 3 is 2.46 bits per heavy atom. The van der Waals surface area contributed by atoms with E-state index in [0.29, 0.717) is 24.8 Å². The molecular weight excluding hydrogens is 399 g/mol. The molecule has 0 saturated heterocycles. The maximum Gasteiger partial charge on any atom is 0.417 e. The highest BCUT2D eigenvalue weighted by atomic mass is 35.5. The topological polar surface area (TPSA) is 64.6 Å². The summed E-state index contributed by atoms with van der Waals surface area (Å²) in [5.74, 6) is -0.695. The van der Waals surface area contributed by atoms with E-state index in [-0.39, 0.29) is 12.1 Å². The van der Waals surface area contributed by atoms with Crippen molar-refractivity contribution >= 4 is 29.2 Å². The van der Waals surface area contributed by atoms with Gasteiger partial charge < -0.3 is 14.8 Å². The first kappa shape index (κ1) is 21.6. The van der Waals surface area contributed by atoms with E-state index in [1.165, 1.54) is 6.07 Å². The van der Waals surface area contributed by atoms with Crippen molar-refractivity contribution in [3.63, 3.8) is 0 Å². The van der Waals surface area contributed by atoms with Gasteiger partial charge in [-0.2, -0.15) is 13.2 Å². The quantitative estimate of drug-likeness (QED) is 0.501. The van der Waals surface area contributed by atoms with Crippen LogP contribution < -0.4 is 10.1 Å². The van der Waals surface area contributed by atoms with E-state index in [4.69, 9.17) is 21.1 Å². The number of para-hydroxylation sites is 1. The molecule has 28 heavy (non-hydrogen) atoms. The van der Waals surface area contributed by atoms with E-state index >= 15 is 0 Å². The Labute approximate surface area is 164 Å². The van der Waals surface area contributed by atoms with Gasteiger partial charge in [0.25, 0.3) is 5.91 Å². The maximum atomic E-state index is 12.8. The molecule has 0 fully saturated rings. The Bertz CT molecular complexity index is 813. The molecule has 150 valence electrons. The average molecular weight is 416 g/mol. The number of carbonyl (C=O) groups excluding carboxylic acids is 2. The lowest BCUT2D eigenvalue weighted by molar-refractivity contribution is -0.147. The smallest absolute Gasteiger partial charge is 0.417 e. The van der Waals surface area contributed by atoms with E-state index in [1.807, 2.05) is 18.2 Å². The van der Waals surface area contributed by atoms with Crippen molar-refractivity contribution < 1.29 is 32.2 Å². The van der Waals surface area contributed by atoms with Gasteiger partial charge in [-0.1, -0.05) is 29.8 Å². The van der Waals surface area contributed by atoms with Crippen LogP contribution in [0.2, 0.25) is 5.02 Å². The molecule has 1 N–H and O–H groups in total. The van der Waals surface area contributed by atoms with Crippen molar-refractivity contribution in [1.29, 1.82) is 0 Å². The largest absolute Gasteiger partial charge is 0.494 e. The first-order valence-electron chi connectivity index (χ1n) is 8.26. The summed E-state index contributed by atoms with van der Waals surface area (Å²) in [6, 6.07) is 12.0. The molecule has 2 rings (SSSR count). The van der Waals surface area contributed by atoms with Crippen LogP contribution >= 0.6 is 11.6 Å². The van der Waals surface area contributed by atoms with Gasteiger partial charge >= 0.3 is 12.1 Å². The van der Waals surface area contributed by atoms with E-state index in [0.717, 1.165) is 6.07 Å². The second-order valence-electron chi connectivity index (χ2n) is 5.67. The number of esters is 1. The zero-order valence-corrected chi connectivity index (χ0v) is 15.3. The fourth-order valence-electron chi connectivity index (χ4n) is 2.16. The Kier molecular flexibility index (Phi) is 7.69. The number of nitrogens with one attached hydrogen (secondary N) is 1. The number of anilines is 1. The fraction of sp³-hybridized carbons (Fsp3) is 0.263. The fourth-order valence-corrected chi connectivity index (χ4v) is 2.38. The van der Waals surface area contributed by atoms with Crippen LogP contribution in [0.5, 0.6) is 5.75 Å². The van der Waals surface area contributed by atoms with Gasteiger partial charge in [0.1, 0.15) is 5.75 Å². The lowest BCUT2D eigenvalue weighted by Gasteiger charge is -2.12. The molecule has 0 saturated carbocycles. The minimum atomic E-state index is -4.65. The maximum absolute atomic E-state index is 12.8. The summed E-state index contributed by atoms with van der Waals surface area (Å²) in [5.41, 5.74) is -1.17. The summed E-state index contributed by atoms with van der Waals surface area (Å²) in [6.45, 7) is -0.307. The molecule has 0 aliphatic carbocycles. The number of carbonyl (C=O) groups is 2. The predicted octanol–water partition coefficient (Wildman–Crippen LogP) is 4.70. The molecule has 0 aliphatic rings. The van der Waals surface area contributed by atoms with Crippen molar-refractivity contribution in [2.45, 2.75) is 19.0 Å². The average Bonchev–Trinajstić information content (AvgIpc) is 2.65. The van der Waals surface area contributed by atoms with E-state index in [1.54, 1.807) is 12.1 Å². The van der Waals surface area contributed by atoms with Crippen molar-refractivity contribution in [3.8, 4) is 5.75 Å². The number of ether oxygens (including phenoxy) is 2. The van der Waals surface area contributed by atoms with Gasteiger partial charge in [-0.3, -0.25) is 9.59 Å². The van der Waals surface area contributed by atoms with E-state index < -0.39 is 35.2 Å². The van der Waals surface area contributed by atoms with Gasteiger partial charge in [-0.05, 0) is 36.8 Å². The lowest BCUT2D eigenvalue weighted by atomic mass is 10.2. The number of benzene rings is 2. The van der Waals surface area contributed by atoms with Gasteiger partial charge in [0.2, 0.25) is 0 Å². The van der Waals surface area contributed by atoms with Crippen LogP contribution in [0.15, 0.2) is 48.5 Å². The Balaban J connectivity index is 1.71. The molecule has 2 aromatic carbocycles. The summed E-state index contributed by atoms with van der Waals surface area (Å²) >= 11 is 5.51. The number of hydrogen-bond donors (Lipinski definition) is 1. The van der Waals surface area contributed by atoms with Gasteiger partial charge in [0.05, 0.1) is 17.2 Å². The molecule has 0 heterocycles. The number of halogens is 4. The third-order valence-electron chi connectivity index (χ3n) is 3.46. The highest BCUT2D eigenvalue weighted by molar-refractivity contribution is 6.31. The van der Waals surface area contributed by atoms with Crippen molar-refractivity contribution in [2.75, 3.05) is 18.5 Å². The highest BCUT2D eigenvalue weighted by Gasteiger charge is 2.33. The van der Waals surface area contributed by atoms with E-state index in [9.17, 15) is 22.8 Å². The summed E-state index contributed by atoms with van der Waals surface area (Å²) in [4.78, 5) is 23.4. The first-order valence-corrected chi connectivity index (χ1v) is 8.63. The number of hydrogen-bond acceptors (Lipinski definition) is 4. The SMILES string of the molecule is O=C(COC(=O)CCCOc1ccccc1)Nc1ccc(Cl)c(C(F)(F)F)c1. The van der Waals surface area contributed by atoms with Crippen molar-refractivity contribution in [1.82, 2.24) is 0 Å². The van der Waals surface area contributed by atoms with Gasteiger partial charge in [0.15, 0.2) is 6.61 Å². The Morgan fingerprint density at radius 1 is 1.07 bits per heavy atom. The number of alkyl halides is 3. The van der Waals surface area contributed by atoms with E-state index in [2.05, 4.69) is 5.32 Å². The molecular formula is C19H17ClF3NO4. The first-order chi connectivity index (χ1) is 13.3. The van der Waals surface area contributed by atoms with Crippen LogP contribution in [0, 0.1) is 0 Å². The van der Waals surface area contributed by atoms with Crippen LogP contribution in [-0.4, -0.2) is 25.1 Å². The Morgan fingerprint density at radius 2 is 1.79 bits per heavy atom. The molecule has 0 aromatic heterocycles. The summed E-state index contributed by atoms with van der Waals surface area (Å²) < 4.78 is 48.6. The summed E-state index contributed by atoms with van der Waals surface area (Å²) in [6.07, 6.45) is -4.22. The minimum absolute atomic E-state index is 0.0410. The molecule has 0 unspecified atom stereocenters. The lowest BCUT2D eigenvalue weighted by Crippen LogP contribution is -2.21. The molecule has 0 atom stereocenters. The van der Waals surface area contributed by atoms with Crippen LogP contribution in [-0.2, 0) is 20.5 Å². The number of rotatable bonds is 8. The van der Waals surface area contributed by atoms with Gasteiger partial charge in [-0.25, -0.2) is 0 Å². The molecule has 0 radical (unpaired) electrons. The third kappa shape index (κ3) is 7.11. The summed E-state index contributed by atoms with van der Waals surface area (Å²) in [5, 5.41) is 1.75. The van der Waals surface area contributed by atoms with Gasteiger partial charge in [-0.15, -0.1) is 0 Å². The molecule has 0 aliphatic heterocycles. The third-order valence-corrected chi connectivity index (χ3v) is 3.79. The normalized spacial score (nSPS) is 11.0. The molecule has 2 aromatic rings. The zero-order valence-electron chi connectivity index (χ0n) is 14.6. The molecule has 0 spiro atoms. The monoisotopic (exact) mass is 415 g/mol. The van der Waals surface area contributed by atoms with Crippen LogP contribution in [0.4, 0.5) is 18.9 Å². The van der Waals surface area contributed by atoms with Crippen LogP contribution in [0.3, 0.4) is 0 Å². The predicted molar refractivity (Wildman–Crippen MR) is 97.2 cm³/mol. The second-order valence-corrected chi connectivity index (χ2v) is 6.07. The minimum Gasteiger partial charge on any atom is -0.494 e. The van der Waals surface area contributed by atoms with Crippen LogP contribution in [0.25, 0.3) is 0 Å². The molecule has 5 nitrogen and oxygen atoms in total. The molecule has 0 bridgehead atoms. The Hall–Kier alpha value is -2.74. The number of amides is 1. The second kappa shape index (κ2) is 9.98. The standard InChI is InChI=1S/C19H17ClF3NO4/c20-16-9-8-13(11-15(16)19(21,22)23)24-17(25)12-28-18(26)7-4-10-27-14-5-2-1-3-6-14/h1-3,5-6,8-9,11H,4,7,10,12H2,(H,24,25). The zero-order chi connectivity index (χ0) is 20.6. The van der Waals surface area contributed by atoms with Crippen molar-refractivity contribution in [3.05, 3.63) is 59.1 Å². The van der Waals surface area contributed by atoms with Crippen molar-refractivity contribution in [2.24, 2.45) is 0 Å². The molecule has 9 heteroatoms.